The number of hydrazine groups is 1. The molecule has 0 aromatic heterocycles. The second-order valence-electron chi connectivity index (χ2n) is 7.00. The maximum Gasteiger partial charge on any atom is 0.310 e. The van der Waals surface area contributed by atoms with Gasteiger partial charge in [-0.25, -0.2) is 0 Å². The van der Waals surface area contributed by atoms with Gasteiger partial charge in [0.25, 0.3) is 11.7 Å². The van der Waals surface area contributed by atoms with E-state index in [0.29, 0.717) is 22.9 Å². The third kappa shape index (κ3) is 5.93. The van der Waals surface area contributed by atoms with E-state index < -0.39 is 17.6 Å². The maximum atomic E-state index is 12.2. The lowest BCUT2D eigenvalue weighted by Crippen LogP contribution is -2.44. The summed E-state index contributed by atoms with van der Waals surface area (Å²) in [7, 11) is 0. The van der Waals surface area contributed by atoms with Crippen molar-refractivity contribution in [3.8, 4) is 5.75 Å². The van der Waals surface area contributed by atoms with Gasteiger partial charge in [-0.15, -0.1) is 0 Å². The summed E-state index contributed by atoms with van der Waals surface area (Å²) in [4.78, 5) is 36.3. The van der Waals surface area contributed by atoms with E-state index in [2.05, 4.69) is 10.9 Å². The van der Waals surface area contributed by atoms with Gasteiger partial charge < -0.3 is 4.74 Å². The fourth-order valence-corrected chi connectivity index (χ4v) is 2.82. The average molecular weight is 437 g/mol. The quantitative estimate of drug-likeness (QED) is 0.345. The van der Waals surface area contributed by atoms with Crippen LogP contribution in [-0.2, 0) is 11.4 Å². The Labute approximate surface area is 185 Å². The van der Waals surface area contributed by atoms with Crippen molar-refractivity contribution in [1.29, 1.82) is 0 Å². The van der Waals surface area contributed by atoms with Gasteiger partial charge in [0.05, 0.1) is 0 Å². The van der Waals surface area contributed by atoms with Crippen LogP contribution in [-0.4, -0.2) is 17.6 Å². The van der Waals surface area contributed by atoms with Crippen LogP contribution >= 0.6 is 11.6 Å². The Morgan fingerprint density at radius 2 is 1.48 bits per heavy atom. The molecule has 3 aromatic carbocycles. The summed E-state index contributed by atoms with van der Waals surface area (Å²) in [6.07, 6.45) is 0. The minimum atomic E-state index is -0.916. The molecule has 0 spiro atoms. The molecule has 0 aliphatic heterocycles. The van der Waals surface area contributed by atoms with E-state index in [1.54, 1.807) is 60.7 Å². The molecule has 0 radical (unpaired) electrons. The highest BCUT2D eigenvalue weighted by Gasteiger charge is 2.17. The van der Waals surface area contributed by atoms with E-state index >= 15 is 0 Å². The van der Waals surface area contributed by atoms with Crippen LogP contribution in [0.4, 0.5) is 0 Å². The molecule has 0 aliphatic rings. The van der Waals surface area contributed by atoms with Crippen molar-refractivity contribution < 1.29 is 19.1 Å². The van der Waals surface area contributed by atoms with Crippen LogP contribution in [0.1, 0.15) is 37.4 Å². The number of ketones is 1. The van der Waals surface area contributed by atoms with Crippen molar-refractivity contribution in [3.05, 3.63) is 99.6 Å². The lowest BCUT2D eigenvalue weighted by atomic mass is 10.1. The van der Waals surface area contributed by atoms with Crippen molar-refractivity contribution >= 4 is 29.2 Å². The zero-order valence-electron chi connectivity index (χ0n) is 17.1. The second-order valence-corrected chi connectivity index (χ2v) is 7.41. The molecule has 0 atom stereocenters. The summed E-state index contributed by atoms with van der Waals surface area (Å²) in [5.74, 6) is -1.48. The van der Waals surface area contributed by atoms with E-state index in [0.717, 1.165) is 16.7 Å². The summed E-state index contributed by atoms with van der Waals surface area (Å²) in [6.45, 7) is 4.10. The van der Waals surface area contributed by atoms with Gasteiger partial charge in [0, 0.05) is 16.1 Å². The number of benzene rings is 3. The molecule has 7 heteroatoms. The molecule has 31 heavy (non-hydrogen) atoms. The summed E-state index contributed by atoms with van der Waals surface area (Å²) >= 11 is 6.01. The largest absolute Gasteiger partial charge is 0.489 e. The van der Waals surface area contributed by atoms with Crippen LogP contribution in [0, 0.1) is 13.8 Å². The Kier molecular flexibility index (Phi) is 7.05. The number of hydrogen-bond acceptors (Lipinski definition) is 4. The molecule has 2 amide bonds. The average Bonchev–Trinajstić information content (AvgIpc) is 2.78. The highest BCUT2D eigenvalue weighted by Crippen LogP contribution is 2.21. The first-order valence-electron chi connectivity index (χ1n) is 9.53. The smallest absolute Gasteiger partial charge is 0.310 e. The molecule has 6 nitrogen and oxygen atoms in total. The van der Waals surface area contributed by atoms with E-state index in [1.165, 1.54) is 0 Å². The van der Waals surface area contributed by atoms with Crippen LogP contribution in [0.25, 0.3) is 0 Å². The highest BCUT2D eigenvalue weighted by atomic mass is 35.5. The molecule has 3 aromatic rings. The SMILES string of the molecule is Cc1ccc(C(=O)C(=O)NNC(=O)c2ccc(COc3ccc(Cl)c(C)c3)cc2)cc1. The number of nitrogens with one attached hydrogen (secondary N) is 2. The summed E-state index contributed by atoms with van der Waals surface area (Å²) in [5, 5.41) is 0.676. The lowest BCUT2D eigenvalue weighted by molar-refractivity contribution is -0.117. The number of rotatable bonds is 6. The van der Waals surface area contributed by atoms with Crippen LogP contribution in [0.3, 0.4) is 0 Å². The molecule has 3 rings (SSSR count). The number of amides is 2. The number of aryl methyl sites for hydroxylation is 2. The Balaban J connectivity index is 1.51. The highest BCUT2D eigenvalue weighted by molar-refractivity contribution is 6.42. The van der Waals surface area contributed by atoms with Gasteiger partial charge in [-0.05, 0) is 55.3 Å². The van der Waals surface area contributed by atoms with E-state index in [9.17, 15) is 14.4 Å². The zero-order valence-corrected chi connectivity index (χ0v) is 17.8. The molecule has 0 unspecified atom stereocenters. The van der Waals surface area contributed by atoms with Gasteiger partial charge in [-0.2, -0.15) is 0 Å². The number of ether oxygens (including phenoxy) is 1. The Morgan fingerprint density at radius 1 is 0.839 bits per heavy atom. The van der Waals surface area contributed by atoms with Gasteiger partial charge in [-0.3, -0.25) is 25.2 Å². The lowest BCUT2D eigenvalue weighted by Gasteiger charge is -2.09. The van der Waals surface area contributed by atoms with Gasteiger partial charge in [-0.1, -0.05) is 53.6 Å². The van der Waals surface area contributed by atoms with E-state index in [-0.39, 0.29) is 5.56 Å². The molecule has 0 fully saturated rings. The Hall–Kier alpha value is -3.64. The topological polar surface area (TPSA) is 84.5 Å². The number of hydrogen-bond donors (Lipinski definition) is 2. The third-order valence-electron chi connectivity index (χ3n) is 4.56. The van der Waals surface area contributed by atoms with Crippen molar-refractivity contribution in [3.63, 3.8) is 0 Å². The van der Waals surface area contributed by atoms with Crippen LogP contribution in [0.2, 0.25) is 5.02 Å². The van der Waals surface area contributed by atoms with Gasteiger partial charge in [0.1, 0.15) is 12.4 Å². The zero-order chi connectivity index (χ0) is 22.4. The first kappa shape index (κ1) is 22.1. The van der Waals surface area contributed by atoms with Crippen molar-refractivity contribution in [2.45, 2.75) is 20.5 Å². The van der Waals surface area contributed by atoms with Crippen LogP contribution in [0.5, 0.6) is 5.75 Å². The van der Waals surface area contributed by atoms with Crippen LogP contribution < -0.4 is 15.6 Å². The summed E-state index contributed by atoms with van der Waals surface area (Å²) in [6, 6.07) is 18.7. The molecule has 0 saturated heterocycles. The summed E-state index contributed by atoms with van der Waals surface area (Å²) in [5.41, 5.74) is 7.73. The number of carbonyl (C=O) groups excluding carboxylic acids is 3. The minimum absolute atomic E-state index is 0.248. The molecule has 0 bridgehead atoms. The van der Waals surface area contributed by atoms with Gasteiger partial charge in [0.15, 0.2) is 0 Å². The van der Waals surface area contributed by atoms with E-state index in [4.69, 9.17) is 16.3 Å². The molecular weight excluding hydrogens is 416 g/mol. The monoisotopic (exact) mass is 436 g/mol. The molecule has 0 heterocycles. The fraction of sp³-hybridized carbons (Fsp3) is 0.125. The minimum Gasteiger partial charge on any atom is -0.489 e. The maximum absolute atomic E-state index is 12.2. The molecule has 0 aliphatic carbocycles. The predicted molar refractivity (Wildman–Crippen MR) is 118 cm³/mol. The van der Waals surface area contributed by atoms with Gasteiger partial charge in [0.2, 0.25) is 0 Å². The molecule has 0 saturated carbocycles. The second kappa shape index (κ2) is 9.91. The normalized spacial score (nSPS) is 10.3. The fourth-order valence-electron chi connectivity index (χ4n) is 2.70. The predicted octanol–water partition coefficient (Wildman–Crippen LogP) is 4.18. The van der Waals surface area contributed by atoms with E-state index in [1.807, 2.05) is 19.9 Å². The number of halogens is 1. The first-order valence-corrected chi connectivity index (χ1v) is 9.91. The van der Waals surface area contributed by atoms with Crippen LogP contribution in [0.15, 0.2) is 66.7 Å². The van der Waals surface area contributed by atoms with Crippen molar-refractivity contribution in [2.75, 3.05) is 0 Å². The van der Waals surface area contributed by atoms with Gasteiger partial charge >= 0.3 is 5.91 Å². The van der Waals surface area contributed by atoms with Crippen molar-refractivity contribution in [1.82, 2.24) is 10.9 Å². The molecular formula is C24H21ClN2O4. The number of carbonyl (C=O) groups is 3. The number of Topliss-reactive ketones (excluding diaryl/α,β-unsaturated/α-hetero) is 1. The molecule has 158 valence electrons. The van der Waals surface area contributed by atoms with Crippen molar-refractivity contribution in [2.24, 2.45) is 0 Å². The standard InChI is InChI=1S/C24H21ClN2O4/c1-15-3-7-18(8-4-15)22(28)24(30)27-26-23(29)19-9-5-17(6-10-19)14-31-20-11-12-21(25)16(2)13-20/h3-13H,14H2,1-2H3,(H,26,29)(H,27,30). The first-order chi connectivity index (χ1) is 14.8. The Morgan fingerprint density at radius 3 is 2.13 bits per heavy atom. The molecule has 2 N–H and O–H groups in total. The summed E-state index contributed by atoms with van der Waals surface area (Å²) < 4.78 is 5.73. The Bertz CT molecular complexity index is 1110. The third-order valence-corrected chi connectivity index (χ3v) is 4.98.